The number of aliphatic carboxylic acids is 1. The zero-order valence-corrected chi connectivity index (χ0v) is 13.6. The molecule has 118 valence electrons. The van der Waals surface area contributed by atoms with Crippen LogP contribution in [0.15, 0.2) is 22.4 Å². The van der Waals surface area contributed by atoms with Crippen LogP contribution < -0.4 is 0 Å². The molecular weight excluding hydrogens is 322 g/mol. The molecule has 0 saturated carbocycles. The number of imide groups is 1. The molecule has 0 unspecified atom stereocenters. The van der Waals surface area contributed by atoms with Gasteiger partial charge in [0.1, 0.15) is 0 Å². The van der Waals surface area contributed by atoms with Crippen molar-refractivity contribution >= 4 is 46.3 Å². The van der Waals surface area contributed by atoms with E-state index in [-0.39, 0.29) is 17.6 Å². The van der Waals surface area contributed by atoms with Crippen LogP contribution in [-0.2, 0) is 9.59 Å². The molecular formula is C15H17NO4S2. The maximum Gasteiger partial charge on any atom is 0.303 e. The Bertz CT molecular complexity index is 580. The van der Waals surface area contributed by atoms with Crippen LogP contribution in [-0.4, -0.2) is 33.7 Å². The average molecular weight is 339 g/mol. The van der Waals surface area contributed by atoms with Crippen LogP contribution >= 0.6 is 23.1 Å². The highest BCUT2D eigenvalue weighted by Crippen LogP contribution is 2.33. The molecule has 1 N–H and O–H groups in total. The van der Waals surface area contributed by atoms with Gasteiger partial charge in [-0.25, -0.2) is 0 Å². The van der Waals surface area contributed by atoms with Gasteiger partial charge in [-0.1, -0.05) is 18.9 Å². The molecule has 7 heteroatoms. The van der Waals surface area contributed by atoms with E-state index < -0.39 is 5.97 Å². The summed E-state index contributed by atoms with van der Waals surface area (Å²) in [5.41, 5.74) is 0. The molecule has 0 atom stereocenters. The zero-order chi connectivity index (χ0) is 15.9. The molecule has 1 saturated heterocycles. The molecule has 0 aromatic carbocycles. The van der Waals surface area contributed by atoms with E-state index in [0.29, 0.717) is 24.3 Å². The fraction of sp³-hybridized carbons (Fsp3) is 0.400. The number of nitrogens with zero attached hydrogens (tertiary/aromatic N) is 1. The number of thioether (sulfide) groups is 1. The van der Waals surface area contributed by atoms with Gasteiger partial charge < -0.3 is 5.11 Å². The molecule has 2 amide bonds. The number of amides is 2. The smallest absolute Gasteiger partial charge is 0.303 e. The number of carbonyl (C=O) groups is 3. The van der Waals surface area contributed by atoms with Crippen molar-refractivity contribution < 1.29 is 19.5 Å². The van der Waals surface area contributed by atoms with E-state index in [1.807, 2.05) is 17.5 Å². The first kappa shape index (κ1) is 16.8. The van der Waals surface area contributed by atoms with Gasteiger partial charge in [-0.2, -0.15) is 0 Å². The van der Waals surface area contributed by atoms with Crippen LogP contribution in [0.1, 0.15) is 37.0 Å². The normalized spacial score (nSPS) is 16.7. The van der Waals surface area contributed by atoms with Gasteiger partial charge in [-0.3, -0.25) is 19.3 Å². The molecule has 1 aliphatic heterocycles. The highest BCUT2D eigenvalue weighted by Gasteiger charge is 2.34. The minimum absolute atomic E-state index is 0.172. The first-order chi connectivity index (χ1) is 10.6. The summed E-state index contributed by atoms with van der Waals surface area (Å²) in [6.07, 6.45) is 4.89. The number of hydrogen-bond donors (Lipinski definition) is 1. The number of rotatable bonds is 8. The molecule has 1 aliphatic rings. The SMILES string of the molecule is O=C(O)CCCCCCN1C(=O)SC(=Cc2cccs2)C1=O. The van der Waals surface area contributed by atoms with E-state index in [4.69, 9.17) is 5.11 Å². The average Bonchev–Trinajstić information content (AvgIpc) is 3.05. The summed E-state index contributed by atoms with van der Waals surface area (Å²) in [7, 11) is 0. The summed E-state index contributed by atoms with van der Waals surface area (Å²) in [5, 5.41) is 10.2. The van der Waals surface area contributed by atoms with Gasteiger partial charge in [0, 0.05) is 17.8 Å². The maximum atomic E-state index is 12.2. The number of unbranched alkanes of at least 4 members (excludes halogenated alkanes) is 3. The second-order valence-electron chi connectivity index (χ2n) is 4.91. The van der Waals surface area contributed by atoms with Crippen molar-refractivity contribution in [3.05, 3.63) is 27.3 Å². The van der Waals surface area contributed by atoms with Crippen LogP contribution in [0.25, 0.3) is 6.08 Å². The number of carboxylic acid groups (broad SMARTS) is 1. The quantitative estimate of drug-likeness (QED) is 0.575. The van der Waals surface area contributed by atoms with E-state index >= 15 is 0 Å². The molecule has 5 nitrogen and oxygen atoms in total. The lowest BCUT2D eigenvalue weighted by Crippen LogP contribution is -2.29. The first-order valence-corrected chi connectivity index (χ1v) is 8.78. The minimum Gasteiger partial charge on any atom is -0.481 e. The van der Waals surface area contributed by atoms with E-state index in [1.165, 1.54) is 16.2 Å². The van der Waals surface area contributed by atoms with E-state index in [2.05, 4.69) is 0 Å². The molecule has 1 fully saturated rings. The van der Waals surface area contributed by atoms with Gasteiger partial charge in [0.05, 0.1) is 4.91 Å². The first-order valence-electron chi connectivity index (χ1n) is 7.08. The fourth-order valence-electron chi connectivity index (χ4n) is 2.10. The summed E-state index contributed by atoms with van der Waals surface area (Å²) in [6.45, 7) is 0.402. The Morgan fingerprint density at radius 3 is 2.68 bits per heavy atom. The van der Waals surface area contributed by atoms with Crippen molar-refractivity contribution in [2.45, 2.75) is 32.1 Å². The predicted octanol–water partition coefficient (Wildman–Crippen LogP) is 3.82. The molecule has 1 aromatic heterocycles. The van der Waals surface area contributed by atoms with Gasteiger partial charge in [0.2, 0.25) is 0 Å². The molecule has 0 aliphatic carbocycles. The molecule has 0 bridgehead atoms. The van der Waals surface area contributed by atoms with Crippen LogP contribution in [0.5, 0.6) is 0 Å². The maximum absolute atomic E-state index is 12.2. The van der Waals surface area contributed by atoms with Crippen molar-refractivity contribution in [3.63, 3.8) is 0 Å². The Hall–Kier alpha value is -1.60. The van der Waals surface area contributed by atoms with Crippen LogP contribution in [0.2, 0.25) is 0 Å². The monoisotopic (exact) mass is 339 g/mol. The summed E-state index contributed by atoms with van der Waals surface area (Å²) in [6, 6.07) is 3.80. The Morgan fingerprint density at radius 1 is 1.23 bits per heavy atom. The highest BCUT2D eigenvalue weighted by molar-refractivity contribution is 8.18. The molecule has 0 spiro atoms. The third kappa shape index (κ3) is 4.71. The number of thiophene rings is 1. The van der Waals surface area contributed by atoms with Crippen molar-refractivity contribution in [2.24, 2.45) is 0 Å². The number of hydrogen-bond acceptors (Lipinski definition) is 5. The van der Waals surface area contributed by atoms with Gasteiger partial charge in [-0.05, 0) is 42.1 Å². The van der Waals surface area contributed by atoms with Gasteiger partial charge in [0.25, 0.3) is 11.1 Å². The largest absolute Gasteiger partial charge is 0.481 e. The third-order valence-electron chi connectivity index (χ3n) is 3.21. The van der Waals surface area contributed by atoms with Gasteiger partial charge in [-0.15, -0.1) is 11.3 Å². The minimum atomic E-state index is -0.787. The molecule has 2 rings (SSSR count). The number of carboxylic acids is 1. The third-order valence-corrected chi connectivity index (χ3v) is 4.94. The Labute approximate surface area is 137 Å². The van der Waals surface area contributed by atoms with Crippen molar-refractivity contribution in [2.75, 3.05) is 6.54 Å². The Kier molecular flexibility index (Phi) is 6.21. The van der Waals surface area contributed by atoms with Gasteiger partial charge >= 0.3 is 5.97 Å². The van der Waals surface area contributed by atoms with Crippen molar-refractivity contribution in [3.8, 4) is 0 Å². The molecule has 0 radical (unpaired) electrons. The van der Waals surface area contributed by atoms with Crippen molar-refractivity contribution in [1.82, 2.24) is 4.90 Å². The van der Waals surface area contributed by atoms with Crippen LogP contribution in [0.4, 0.5) is 4.79 Å². The standard InChI is InChI=1S/C15H17NO4S2/c17-13(18)7-3-1-2-4-8-16-14(19)12(22-15(16)20)10-11-6-5-9-21-11/h5-6,9-10H,1-4,7-8H2,(H,17,18). The second-order valence-corrected chi connectivity index (χ2v) is 6.88. The summed E-state index contributed by atoms with van der Waals surface area (Å²) < 4.78 is 0. The summed E-state index contributed by atoms with van der Waals surface area (Å²) >= 11 is 2.50. The second kappa shape index (κ2) is 8.14. The Balaban J connectivity index is 1.79. The lowest BCUT2D eigenvalue weighted by molar-refractivity contribution is -0.137. The zero-order valence-electron chi connectivity index (χ0n) is 12.0. The lowest BCUT2D eigenvalue weighted by atomic mass is 10.1. The van der Waals surface area contributed by atoms with Crippen LogP contribution in [0.3, 0.4) is 0 Å². The Morgan fingerprint density at radius 2 is 2.00 bits per heavy atom. The summed E-state index contributed by atoms with van der Waals surface area (Å²) in [4.78, 5) is 37.2. The van der Waals surface area contributed by atoms with E-state index in [1.54, 1.807) is 6.08 Å². The molecule has 2 heterocycles. The van der Waals surface area contributed by atoms with Gasteiger partial charge in [0.15, 0.2) is 0 Å². The lowest BCUT2D eigenvalue weighted by Gasteiger charge is -2.11. The summed E-state index contributed by atoms with van der Waals surface area (Å²) in [5.74, 6) is -1.02. The molecule has 1 aromatic rings. The fourth-order valence-corrected chi connectivity index (χ4v) is 3.68. The van der Waals surface area contributed by atoms with Crippen LogP contribution in [0, 0.1) is 0 Å². The number of carbonyl (C=O) groups excluding carboxylic acids is 2. The van der Waals surface area contributed by atoms with E-state index in [9.17, 15) is 14.4 Å². The topological polar surface area (TPSA) is 74.7 Å². The highest BCUT2D eigenvalue weighted by atomic mass is 32.2. The van der Waals surface area contributed by atoms with Crippen molar-refractivity contribution in [1.29, 1.82) is 0 Å². The predicted molar refractivity (Wildman–Crippen MR) is 87.7 cm³/mol. The molecule has 22 heavy (non-hydrogen) atoms. The van der Waals surface area contributed by atoms with E-state index in [0.717, 1.165) is 29.5 Å².